The molecule has 2 aromatic carbocycles. The molecular weight excluding hydrogens is 328 g/mol. The monoisotopic (exact) mass is 355 g/mol. The van der Waals surface area contributed by atoms with Gasteiger partial charge in [-0.15, -0.1) is 0 Å². The Morgan fingerprint density at radius 1 is 1.19 bits per heavy atom. The van der Waals surface area contributed by atoms with Crippen molar-refractivity contribution in [2.45, 2.75) is 25.8 Å². The van der Waals surface area contributed by atoms with E-state index in [-0.39, 0.29) is 11.9 Å². The zero-order valence-electron chi connectivity index (χ0n) is 15.7. The van der Waals surface area contributed by atoms with Gasteiger partial charge < -0.3 is 19.7 Å². The van der Waals surface area contributed by atoms with Crippen LogP contribution < -0.4 is 19.7 Å². The van der Waals surface area contributed by atoms with Crippen LogP contribution in [0.5, 0.6) is 11.5 Å². The molecule has 1 aliphatic rings. The van der Waals surface area contributed by atoms with E-state index in [1.165, 1.54) is 4.90 Å². The normalized spacial score (nSPS) is 19.2. The number of nitrogens with one attached hydrogen (secondary N) is 2. The summed E-state index contributed by atoms with van der Waals surface area (Å²) in [4.78, 5) is 13.9. The second-order valence-electron chi connectivity index (χ2n) is 6.75. The second-order valence-corrected chi connectivity index (χ2v) is 6.75. The Morgan fingerprint density at radius 2 is 2.00 bits per heavy atom. The van der Waals surface area contributed by atoms with Gasteiger partial charge in [0.2, 0.25) is 0 Å². The Bertz CT molecular complexity index is 776. The minimum atomic E-state index is 0.0445. The average Bonchev–Trinajstić information content (AvgIpc) is 3.10. The topological polar surface area (TPSA) is 52.0 Å². The van der Waals surface area contributed by atoms with Gasteiger partial charge in [-0.1, -0.05) is 18.2 Å². The van der Waals surface area contributed by atoms with E-state index in [0.717, 1.165) is 47.7 Å². The van der Waals surface area contributed by atoms with Crippen LogP contribution >= 0.6 is 0 Å². The Balaban J connectivity index is 1.74. The van der Waals surface area contributed by atoms with Crippen LogP contribution in [0.15, 0.2) is 42.5 Å². The van der Waals surface area contributed by atoms with Crippen molar-refractivity contribution in [3.63, 3.8) is 0 Å². The van der Waals surface area contributed by atoms with Crippen LogP contribution in [-0.2, 0) is 4.79 Å². The van der Waals surface area contributed by atoms with Crippen molar-refractivity contribution in [2.24, 2.45) is 0 Å². The number of amides is 1. The van der Waals surface area contributed by atoms with Gasteiger partial charge in [-0.3, -0.25) is 4.79 Å². The first-order valence-corrected chi connectivity index (χ1v) is 9.04. The second kappa shape index (κ2) is 8.23. The van der Waals surface area contributed by atoms with E-state index in [1.807, 2.05) is 49.4 Å². The molecule has 0 saturated carbocycles. The van der Waals surface area contributed by atoms with Crippen molar-refractivity contribution >= 4 is 11.6 Å². The number of methoxy groups -OCH3 is 2. The van der Waals surface area contributed by atoms with Crippen molar-refractivity contribution in [2.75, 3.05) is 32.6 Å². The fraction of sp³-hybridized carbons (Fsp3) is 0.381. The number of benzene rings is 2. The van der Waals surface area contributed by atoms with Crippen molar-refractivity contribution in [1.82, 2.24) is 0 Å². The first kappa shape index (κ1) is 18.3. The summed E-state index contributed by atoms with van der Waals surface area (Å²) < 4.78 is 10.9. The van der Waals surface area contributed by atoms with E-state index >= 15 is 0 Å². The van der Waals surface area contributed by atoms with Gasteiger partial charge in [-0.25, -0.2) is 0 Å². The van der Waals surface area contributed by atoms with Crippen molar-refractivity contribution in [3.8, 4) is 11.5 Å². The van der Waals surface area contributed by atoms with E-state index in [4.69, 9.17) is 9.47 Å². The summed E-state index contributed by atoms with van der Waals surface area (Å²) in [5.41, 5.74) is 3.07. The lowest BCUT2D eigenvalue weighted by molar-refractivity contribution is -0.910. The van der Waals surface area contributed by atoms with Crippen molar-refractivity contribution in [3.05, 3.63) is 53.6 Å². The van der Waals surface area contributed by atoms with Crippen molar-refractivity contribution in [1.29, 1.82) is 0 Å². The van der Waals surface area contributed by atoms with E-state index in [1.54, 1.807) is 14.2 Å². The fourth-order valence-electron chi connectivity index (χ4n) is 3.72. The predicted octanol–water partition coefficient (Wildman–Crippen LogP) is 2.37. The standard InChI is InChI=1S/C21H26N2O3/c1-15-7-4-5-8-18(15)22-21(24)14-23-12-6-9-19(23)17-13-16(25-2)10-11-20(17)26-3/h4-5,7-8,10-11,13,19H,6,9,12,14H2,1-3H3,(H,22,24)/p+1/t19-/m0/s1. The van der Waals surface area contributed by atoms with Crippen LogP contribution in [0.3, 0.4) is 0 Å². The third-order valence-corrected chi connectivity index (χ3v) is 5.10. The highest BCUT2D eigenvalue weighted by Crippen LogP contribution is 2.31. The molecule has 2 atom stereocenters. The summed E-state index contributed by atoms with van der Waals surface area (Å²) in [7, 11) is 3.35. The minimum absolute atomic E-state index is 0.0445. The summed E-state index contributed by atoms with van der Waals surface area (Å²) in [5, 5.41) is 3.04. The minimum Gasteiger partial charge on any atom is -0.497 e. The zero-order chi connectivity index (χ0) is 18.5. The Kier molecular flexibility index (Phi) is 5.78. The first-order valence-electron chi connectivity index (χ1n) is 9.04. The molecule has 5 nitrogen and oxygen atoms in total. The maximum absolute atomic E-state index is 12.6. The van der Waals surface area contributed by atoms with Crippen LogP contribution in [0.4, 0.5) is 5.69 Å². The molecule has 1 heterocycles. The fourth-order valence-corrected chi connectivity index (χ4v) is 3.72. The van der Waals surface area contributed by atoms with E-state index in [2.05, 4.69) is 5.32 Å². The smallest absolute Gasteiger partial charge is 0.279 e. The molecule has 0 bridgehead atoms. The molecule has 138 valence electrons. The molecule has 1 aliphatic heterocycles. The average molecular weight is 355 g/mol. The summed E-state index contributed by atoms with van der Waals surface area (Å²) in [6.07, 6.45) is 2.13. The molecule has 3 rings (SSSR count). The van der Waals surface area contributed by atoms with Gasteiger partial charge in [-0.05, 0) is 36.8 Å². The molecule has 0 aliphatic carbocycles. The summed E-state index contributed by atoms with van der Waals surface area (Å²) in [6.45, 7) is 3.42. The molecule has 1 saturated heterocycles. The van der Waals surface area contributed by atoms with E-state index in [9.17, 15) is 4.79 Å². The number of ether oxygens (including phenoxy) is 2. The van der Waals surface area contributed by atoms with Crippen LogP contribution in [-0.4, -0.2) is 33.2 Å². The molecule has 1 fully saturated rings. The molecule has 1 amide bonds. The van der Waals surface area contributed by atoms with Crippen LogP contribution in [0, 0.1) is 6.92 Å². The largest absolute Gasteiger partial charge is 0.497 e. The highest BCUT2D eigenvalue weighted by atomic mass is 16.5. The van der Waals surface area contributed by atoms with Crippen LogP contribution in [0.25, 0.3) is 0 Å². The number of carbonyl (C=O) groups excluding carboxylic acids is 1. The lowest BCUT2D eigenvalue weighted by Crippen LogP contribution is -3.11. The molecule has 1 unspecified atom stereocenters. The Hall–Kier alpha value is -2.53. The number of hydrogen-bond donors (Lipinski definition) is 2. The molecule has 2 aromatic rings. The molecular formula is C21H27N2O3+. The quantitative estimate of drug-likeness (QED) is 0.836. The van der Waals surface area contributed by atoms with Gasteiger partial charge in [0.1, 0.15) is 17.5 Å². The molecule has 26 heavy (non-hydrogen) atoms. The number of aryl methyl sites for hydroxylation is 1. The van der Waals surface area contributed by atoms with Crippen molar-refractivity contribution < 1.29 is 19.2 Å². The Labute approximate surface area is 154 Å². The van der Waals surface area contributed by atoms with E-state index < -0.39 is 0 Å². The molecule has 0 aromatic heterocycles. The maximum atomic E-state index is 12.6. The number of quaternary nitrogens is 1. The highest BCUT2D eigenvalue weighted by Gasteiger charge is 2.34. The Morgan fingerprint density at radius 3 is 2.73 bits per heavy atom. The predicted molar refractivity (Wildman–Crippen MR) is 102 cm³/mol. The van der Waals surface area contributed by atoms with Crippen LogP contribution in [0.1, 0.15) is 30.0 Å². The van der Waals surface area contributed by atoms with Gasteiger partial charge >= 0.3 is 0 Å². The molecule has 5 heteroatoms. The number of hydrogen-bond acceptors (Lipinski definition) is 3. The van der Waals surface area contributed by atoms with Gasteiger partial charge in [-0.2, -0.15) is 0 Å². The third kappa shape index (κ3) is 3.99. The number of rotatable bonds is 6. The van der Waals surface area contributed by atoms with Crippen LogP contribution in [0.2, 0.25) is 0 Å². The van der Waals surface area contributed by atoms with E-state index in [0.29, 0.717) is 6.54 Å². The highest BCUT2D eigenvalue weighted by molar-refractivity contribution is 5.92. The number of carbonyl (C=O) groups is 1. The third-order valence-electron chi connectivity index (χ3n) is 5.10. The number of para-hydroxylation sites is 1. The van der Waals surface area contributed by atoms with Gasteiger partial charge in [0.05, 0.1) is 26.3 Å². The molecule has 0 spiro atoms. The lowest BCUT2D eigenvalue weighted by atomic mass is 10.0. The summed E-state index contributed by atoms with van der Waals surface area (Å²) in [5.74, 6) is 1.72. The SMILES string of the molecule is COc1ccc(OC)c([C@@H]2CCC[NH+]2CC(=O)Nc2ccccc2C)c1. The first-order chi connectivity index (χ1) is 12.6. The summed E-state index contributed by atoms with van der Waals surface area (Å²) >= 11 is 0. The maximum Gasteiger partial charge on any atom is 0.279 e. The molecule has 0 radical (unpaired) electrons. The number of likely N-dealkylation sites (tertiary alicyclic amines) is 1. The number of anilines is 1. The zero-order valence-corrected chi connectivity index (χ0v) is 15.7. The van der Waals surface area contributed by atoms with Gasteiger partial charge in [0.25, 0.3) is 5.91 Å². The van der Waals surface area contributed by atoms with Gasteiger partial charge in [0, 0.05) is 18.5 Å². The molecule has 2 N–H and O–H groups in total. The lowest BCUT2D eigenvalue weighted by Gasteiger charge is -2.23. The van der Waals surface area contributed by atoms with Gasteiger partial charge in [0.15, 0.2) is 6.54 Å². The summed E-state index contributed by atoms with van der Waals surface area (Å²) in [6, 6.07) is 14.0.